The zero-order valence-corrected chi connectivity index (χ0v) is 17.9. The molecule has 0 bridgehead atoms. The number of aromatic nitrogens is 1. The molecule has 4 heterocycles. The Bertz CT molecular complexity index is 1300. The van der Waals surface area contributed by atoms with Gasteiger partial charge in [-0.1, -0.05) is 18.2 Å². The molecule has 31 heavy (non-hydrogen) atoms. The van der Waals surface area contributed by atoms with Gasteiger partial charge in [-0.05, 0) is 31.0 Å². The molecule has 1 aliphatic heterocycles. The van der Waals surface area contributed by atoms with Gasteiger partial charge < -0.3 is 23.8 Å². The van der Waals surface area contributed by atoms with Crippen LogP contribution in [0.1, 0.15) is 28.3 Å². The van der Waals surface area contributed by atoms with Gasteiger partial charge >= 0.3 is 0 Å². The lowest BCUT2D eigenvalue weighted by Crippen LogP contribution is -2.24. The van der Waals surface area contributed by atoms with Crippen LogP contribution in [-0.4, -0.2) is 29.8 Å². The Hall–Kier alpha value is -3.10. The van der Waals surface area contributed by atoms with Crippen LogP contribution in [0.25, 0.3) is 21.0 Å². The monoisotopic (exact) mass is 438 g/mol. The van der Waals surface area contributed by atoms with Crippen molar-refractivity contribution in [2.45, 2.75) is 25.5 Å². The van der Waals surface area contributed by atoms with Gasteiger partial charge in [0, 0.05) is 19.0 Å². The summed E-state index contributed by atoms with van der Waals surface area (Å²) >= 11 is 1.28. The van der Waals surface area contributed by atoms with Gasteiger partial charge in [0.1, 0.15) is 22.6 Å². The van der Waals surface area contributed by atoms with Crippen LogP contribution >= 0.6 is 11.3 Å². The molecular weight excluding hydrogens is 416 g/mol. The minimum atomic E-state index is -0.300. The quantitative estimate of drug-likeness (QED) is 0.495. The van der Waals surface area contributed by atoms with Gasteiger partial charge in [-0.3, -0.25) is 9.59 Å². The molecule has 0 radical (unpaired) electrons. The molecule has 1 N–H and O–H groups in total. The number of para-hydroxylation sites is 1. The van der Waals surface area contributed by atoms with Crippen LogP contribution in [0.3, 0.4) is 0 Å². The highest BCUT2D eigenvalue weighted by Gasteiger charge is 2.26. The maximum atomic E-state index is 13.3. The van der Waals surface area contributed by atoms with Crippen LogP contribution < -0.4 is 15.6 Å². The molecule has 1 unspecified atom stereocenters. The second-order valence-corrected chi connectivity index (χ2v) is 8.57. The summed E-state index contributed by atoms with van der Waals surface area (Å²) in [5.41, 5.74) is 0.631. The molecule has 1 fully saturated rings. The van der Waals surface area contributed by atoms with E-state index in [1.807, 2.05) is 24.3 Å². The van der Waals surface area contributed by atoms with Gasteiger partial charge in [-0.15, -0.1) is 11.3 Å². The summed E-state index contributed by atoms with van der Waals surface area (Å²) in [6, 6.07) is 11.3. The van der Waals surface area contributed by atoms with Crippen LogP contribution in [0.2, 0.25) is 0 Å². The fraction of sp³-hybridized carbons (Fsp3) is 0.304. The molecule has 0 aliphatic carbocycles. The van der Waals surface area contributed by atoms with Crippen molar-refractivity contribution in [3.05, 3.63) is 63.7 Å². The Morgan fingerprint density at radius 1 is 1.29 bits per heavy atom. The number of ether oxygens (including phenoxy) is 2. The largest absolute Gasteiger partial charge is 0.488 e. The summed E-state index contributed by atoms with van der Waals surface area (Å²) in [5, 5.41) is 4.22. The van der Waals surface area contributed by atoms with E-state index in [9.17, 15) is 9.59 Å². The molecule has 160 valence electrons. The van der Waals surface area contributed by atoms with Crippen molar-refractivity contribution in [3.8, 4) is 5.75 Å². The van der Waals surface area contributed by atoms with E-state index in [1.165, 1.54) is 11.3 Å². The third kappa shape index (κ3) is 3.62. The van der Waals surface area contributed by atoms with Crippen LogP contribution in [0, 0.1) is 0 Å². The zero-order chi connectivity index (χ0) is 21.4. The van der Waals surface area contributed by atoms with Crippen LogP contribution in [0.5, 0.6) is 5.75 Å². The van der Waals surface area contributed by atoms with E-state index in [0.717, 1.165) is 28.4 Å². The Morgan fingerprint density at radius 3 is 2.94 bits per heavy atom. The van der Waals surface area contributed by atoms with Gasteiger partial charge in [0.25, 0.3) is 11.5 Å². The Balaban J connectivity index is 1.60. The van der Waals surface area contributed by atoms with Gasteiger partial charge in [0.15, 0.2) is 5.75 Å². The van der Waals surface area contributed by atoms with Crippen LogP contribution in [0.4, 0.5) is 0 Å². The molecule has 0 spiro atoms. The van der Waals surface area contributed by atoms with Gasteiger partial charge in [0.2, 0.25) is 0 Å². The number of nitrogens with one attached hydrogen (secondary N) is 1. The van der Waals surface area contributed by atoms with Crippen molar-refractivity contribution < 1.29 is 18.7 Å². The number of thiophene rings is 1. The number of rotatable bonds is 6. The van der Waals surface area contributed by atoms with Crippen molar-refractivity contribution in [2.75, 3.05) is 13.2 Å². The van der Waals surface area contributed by atoms with E-state index >= 15 is 0 Å². The summed E-state index contributed by atoms with van der Waals surface area (Å²) in [4.78, 5) is 26.7. The first-order valence-electron chi connectivity index (χ1n) is 10.2. The number of amides is 1. The van der Waals surface area contributed by atoms with E-state index in [2.05, 4.69) is 5.32 Å². The second-order valence-electron chi connectivity index (χ2n) is 7.55. The first-order chi connectivity index (χ1) is 15.1. The fourth-order valence-electron chi connectivity index (χ4n) is 3.94. The topological polar surface area (TPSA) is 82.7 Å². The van der Waals surface area contributed by atoms with E-state index in [-0.39, 0.29) is 24.1 Å². The molecule has 1 amide bonds. The summed E-state index contributed by atoms with van der Waals surface area (Å²) < 4.78 is 19.4. The third-order valence-electron chi connectivity index (χ3n) is 5.54. The zero-order valence-electron chi connectivity index (χ0n) is 17.1. The van der Waals surface area contributed by atoms with E-state index in [4.69, 9.17) is 13.9 Å². The Morgan fingerprint density at radius 2 is 2.16 bits per heavy atom. The third-order valence-corrected chi connectivity index (χ3v) is 6.74. The lowest BCUT2D eigenvalue weighted by atomic mass is 10.1. The van der Waals surface area contributed by atoms with E-state index in [1.54, 1.807) is 30.0 Å². The average molecular weight is 439 g/mol. The maximum Gasteiger partial charge on any atom is 0.265 e. The molecule has 4 aromatic rings. The highest BCUT2D eigenvalue weighted by molar-refractivity contribution is 7.22. The molecule has 1 saturated heterocycles. The lowest BCUT2D eigenvalue weighted by molar-refractivity contribution is 0.0678. The first kappa shape index (κ1) is 19.8. The molecule has 5 rings (SSSR count). The number of nitrogens with zero attached hydrogens (tertiary/aromatic N) is 1. The first-order valence-corrected chi connectivity index (χ1v) is 11.0. The summed E-state index contributed by atoms with van der Waals surface area (Å²) in [5.74, 6) is 0.683. The van der Waals surface area contributed by atoms with Crippen LogP contribution in [0.15, 0.2) is 51.9 Å². The molecule has 1 aromatic carbocycles. The highest BCUT2D eigenvalue weighted by atomic mass is 32.1. The highest BCUT2D eigenvalue weighted by Crippen LogP contribution is 2.40. The van der Waals surface area contributed by atoms with Gasteiger partial charge in [0.05, 0.1) is 29.1 Å². The van der Waals surface area contributed by atoms with Crippen molar-refractivity contribution in [3.63, 3.8) is 0 Å². The van der Waals surface area contributed by atoms with E-state index < -0.39 is 0 Å². The molecule has 1 atom stereocenters. The molecule has 3 aromatic heterocycles. The molecule has 0 saturated carbocycles. The Kier molecular flexibility index (Phi) is 5.25. The summed E-state index contributed by atoms with van der Waals surface area (Å²) in [6.07, 6.45) is 3.43. The van der Waals surface area contributed by atoms with Gasteiger partial charge in [-0.25, -0.2) is 0 Å². The predicted octanol–water partition coefficient (Wildman–Crippen LogP) is 3.83. The molecule has 7 nitrogen and oxygen atoms in total. The van der Waals surface area contributed by atoms with Crippen molar-refractivity contribution in [1.29, 1.82) is 0 Å². The standard InChI is InChI=1S/C23H22N2O5S/c1-25-17-9-3-2-8-16(17)20-18(23(25)27)19(30-13-15-7-5-11-29-15)21(31-20)22(26)24-12-14-6-4-10-28-14/h2-4,6,8-10,15H,5,7,11-13H2,1H3,(H,24,26). The number of carbonyl (C=O) groups is 1. The number of benzene rings is 1. The summed E-state index contributed by atoms with van der Waals surface area (Å²) in [6.45, 7) is 1.27. The minimum Gasteiger partial charge on any atom is -0.488 e. The number of hydrogen-bond acceptors (Lipinski definition) is 6. The molecule has 8 heteroatoms. The average Bonchev–Trinajstić information content (AvgIpc) is 3.55. The number of hydrogen-bond donors (Lipinski definition) is 1. The second kappa shape index (κ2) is 8.20. The smallest absolute Gasteiger partial charge is 0.265 e. The summed E-state index contributed by atoms with van der Waals surface area (Å²) in [7, 11) is 1.74. The van der Waals surface area contributed by atoms with Gasteiger partial charge in [-0.2, -0.15) is 0 Å². The molecule has 1 aliphatic rings. The van der Waals surface area contributed by atoms with Crippen molar-refractivity contribution in [2.24, 2.45) is 7.05 Å². The van der Waals surface area contributed by atoms with Crippen molar-refractivity contribution in [1.82, 2.24) is 9.88 Å². The number of pyridine rings is 1. The van der Waals surface area contributed by atoms with Crippen LogP contribution in [-0.2, 0) is 18.3 Å². The molecular formula is C23H22N2O5S. The number of furan rings is 1. The fourth-order valence-corrected chi connectivity index (χ4v) is 5.12. The predicted molar refractivity (Wildman–Crippen MR) is 119 cm³/mol. The number of fused-ring (bicyclic) bond motifs is 3. The Labute approximate surface area is 182 Å². The van der Waals surface area contributed by atoms with E-state index in [0.29, 0.717) is 35.0 Å². The normalized spacial score (nSPS) is 16.2. The van der Waals surface area contributed by atoms with Crippen molar-refractivity contribution >= 4 is 38.2 Å². The lowest BCUT2D eigenvalue weighted by Gasteiger charge is -2.13. The minimum absolute atomic E-state index is 0.0294. The SMILES string of the molecule is Cn1c(=O)c2c(OCC3CCCO3)c(C(=O)NCc3ccco3)sc2c2ccccc21. The number of carbonyl (C=O) groups excluding carboxylic acids is 1. The number of aryl methyl sites for hydroxylation is 1. The maximum absolute atomic E-state index is 13.3.